The maximum atomic E-state index is 12.5. The van der Waals surface area contributed by atoms with E-state index >= 15 is 0 Å². The standard InChI is InChI=1S/C25H32N2O8S/c1-27-8-6-25-12-3-5-15(22(25)34-20-14(28)4-2-11(16(20)25)10-13(12)27)33-24-19(31)17(29)18(30)21(35-24)23(32)26-7-9-36/h2-5,12-13,15,17-19,21-22,24,28-31,36H,6-10H2,1H3,(H,26,32)/t12-,13+,15-,17-,18-,19+,21-,22-,24+,25-/m0/s1. The molecule has 36 heavy (non-hydrogen) atoms. The van der Waals surface area contributed by atoms with Gasteiger partial charge in [0.15, 0.2) is 23.9 Å². The van der Waals surface area contributed by atoms with Crippen LogP contribution in [0.4, 0.5) is 0 Å². The fourth-order valence-electron chi connectivity index (χ4n) is 6.95. The van der Waals surface area contributed by atoms with Gasteiger partial charge in [0.2, 0.25) is 0 Å². The fourth-order valence-corrected chi connectivity index (χ4v) is 7.06. The molecule has 10 atom stereocenters. The van der Waals surface area contributed by atoms with E-state index in [9.17, 15) is 25.2 Å². The van der Waals surface area contributed by atoms with Gasteiger partial charge in [-0.05, 0) is 38.1 Å². The van der Waals surface area contributed by atoms with Gasteiger partial charge in [-0.25, -0.2) is 0 Å². The first-order valence-corrected chi connectivity index (χ1v) is 13.1. The van der Waals surface area contributed by atoms with Gasteiger partial charge in [0.25, 0.3) is 5.91 Å². The van der Waals surface area contributed by atoms with E-state index in [0.29, 0.717) is 11.5 Å². The normalized spacial score (nSPS) is 42.5. The Morgan fingerprint density at radius 1 is 1.25 bits per heavy atom. The minimum atomic E-state index is -1.64. The molecule has 1 amide bonds. The highest BCUT2D eigenvalue weighted by molar-refractivity contribution is 7.80. The molecule has 196 valence electrons. The number of carbonyl (C=O) groups is 1. The molecule has 5 N–H and O–H groups in total. The van der Waals surface area contributed by atoms with Crippen molar-refractivity contribution in [1.29, 1.82) is 0 Å². The van der Waals surface area contributed by atoms with Crippen LogP contribution in [0.1, 0.15) is 17.5 Å². The molecule has 0 unspecified atom stereocenters. The third kappa shape index (κ3) is 3.37. The van der Waals surface area contributed by atoms with Gasteiger partial charge in [0.1, 0.15) is 30.5 Å². The number of phenols is 1. The SMILES string of the molecule is CN1CC[C@]23c4c5ccc(O)c4O[C@H]2[C@@H](O[C@@H]2O[C@H](C(=O)NCCS)[C@@H](O)[C@H](O)[C@H]2O)C=C[C@H]3[C@H]1C5. The second-order valence-electron chi connectivity index (χ2n) is 10.5. The number of likely N-dealkylation sites (tertiary alicyclic amines) is 1. The Morgan fingerprint density at radius 3 is 2.83 bits per heavy atom. The van der Waals surface area contributed by atoms with Gasteiger partial charge in [-0.3, -0.25) is 4.79 Å². The number of nitrogens with one attached hydrogen (secondary N) is 1. The highest BCUT2D eigenvalue weighted by Gasteiger charge is 2.65. The van der Waals surface area contributed by atoms with Gasteiger partial charge in [-0.15, -0.1) is 0 Å². The predicted molar refractivity (Wildman–Crippen MR) is 130 cm³/mol. The van der Waals surface area contributed by atoms with Crippen LogP contribution in [0.15, 0.2) is 24.3 Å². The lowest BCUT2D eigenvalue weighted by Gasteiger charge is -2.57. The molecule has 10 nitrogen and oxygen atoms in total. The molecule has 2 fully saturated rings. The van der Waals surface area contributed by atoms with Crippen LogP contribution in [0.25, 0.3) is 0 Å². The number of carbonyl (C=O) groups excluding carboxylic acids is 1. The summed E-state index contributed by atoms with van der Waals surface area (Å²) < 4.78 is 18.4. The van der Waals surface area contributed by atoms with E-state index in [-0.39, 0.29) is 24.3 Å². The Kier molecular flexibility index (Phi) is 6.03. The first kappa shape index (κ1) is 24.5. The van der Waals surface area contributed by atoms with Gasteiger partial charge in [-0.1, -0.05) is 18.2 Å². The smallest absolute Gasteiger partial charge is 0.252 e. The molecule has 11 heteroatoms. The van der Waals surface area contributed by atoms with Crippen LogP contribution in [0.3, 0.4) is 0 Å². The molecule has 2 bridgehead atoms. The highest BCUT2D eigenvalue weighted by atomic mass is 32.1. The third-order valence-electron chi connectivity index (χ3n) is 8.66. The summed E-state index contributed by atoms with van der Waals surface area (Å²) in [5.74, 6) is 0.480. The molecule has 0 saturated carbocycles. The van der Waals surface area contributed by atoms with Crippen LogP contribution in [0, 0.1) is 5.92 Å². The molecule has 2 saturated heterocycles. The monoisotopic (exact) mass is 520 g/mol. The molecular weight excluding hydrogens is 488 g/mol. The first-order valence-electron chi connectivity index (χ1n) is 12.4. The maximum Gasteiger partial charge on any atom is 0.252 e. The maximum absolute atomic E-state index is 12.5. The fraction of sp³-hybridized carbons (Fsp3) is 0.640. The minimum absolute atomic E-state index is 0.0841. The van der Waals surface area contributed by atoms with Crippen molar-refractivity contribution < 1.29 is 39.4 Å². The number of aliphatic hydroxyl groups is 3. The lowest BCUT2D eigenvalue weighted by Crippen LogP contribution is -2.66. The van der Waals surface area contributed by atoms with Crippen molar-refractivity contribution in [2.24, 2.45) is 5.92 Å². The van der Waals surface area contributed by atoms with E-state index in [0.717, 1.165) is 30.5 Å². The Morgan fingerprint density at radius 2 is 2.06 bits per heavy atom. The molecule has 3 heterocycles. The number of likely N-dealkylation sites (N-methyl/N-ethyl adjacent to an activating group) is 1. The summed E-state index contributed by atoms with van der Waals surface area (Å²) in [7, 11) is 2.13. The van der Waals surface area contributed by atoms with Crippen molar-refractivity contribution in [3.63, 3.8) is 0 Å². The number of thiol groups is 1. The van der Waals surface area contributed by atoms with Crippen LogP contribution < -0.4 is 10.1 Å². The largest absolute Gasteiger partial charge is 0.504 e. The van der Waals surface area contributed by atoms with Crippen LogP contribution >= 0.6 is 12.6 Å². The lowest BCUT2D eigenvalue weighted by atomic mass is 9.53. The Bertz CT molecular complexity index is 1090. The second kappa shape index (κ2) is 8.87. The quantitative estimate of drug-likeness (QED) is 0.215. The van der Waals surface area contributed by atoms with E-state index in [1.807, 2.05) is 12.1 Å². The lowest BCUT2D eigenvalue weighted by molar-refractivity contribution is -0.304. The summed E-state index contributed by atoms with van der Waals surface area (Å²) in [6.45, 7) is 1.11. The minimum Gasteiger partial charge on any atom is -0.504 e. The third-order valence-corrected chi connectivity index (χ3v) is 8.88. The van der Waals surface area contributed by atoms with Gasteiger partial charge in [-0.2, -0.15) is 12.6 Å². The van der Waals surface area contributed by atoms with Crippen molar-refractivity contribution in [2.45, 2.75) is 67.2 Å². The number of nitrogens with zero attached hydrogens (tertiary/aromatic N) is 1. The van der Waals surface area contributed by atoms with Gasteiger partial charge >= 0.3 is 0 Å². The number of aromatic hydroxyl groups is 1. The number of piperidine rings is 1. The number of ether oxygens (including phenoxy) is 3. The number of amides is 1. The molecule has 1 aromatic carbocycles. The zero-order valence-electron chi connectivity index (χ0n) is 19.9. The van der Waals surface area contributed by atoms with E-state index in [2.05, 4.69) is 36.0 Å². The summed E-state index contributed by atoms with van der Waals surface area (Å²) in [4.78, 5) is 14.9. The van der Waals surface area contributed by atoms with Crippen molar-refractivity contribution in [2.75, 3.05) is 25.9 Å². The zero-order chi connectivity index (χ0) is 25.4. The number of rotatable bonds is 5. The molecule has 3 aliphatic heterocycles. The van der Waals surface area contributed by atoms with Crippen LogP contribution in [-0.2, 0) is 26.1 Å². The van der Waals surface area contributed by atoms with E-state index in [1.165, 1.54) is 0 Å². The average molecular weight is 521 g/mol. The van der Waals surface area contributed by atoms with Crippen molar-refractivity contribution in [3.05, 3.63) is 35.4 Å². The summed E-state index contributed by atoms with van der Waals surface area (Å²) in [6, 6.07) is 3.91. The molecule has 0 radical (unpaired) electrons. The molecule has 0 aromatic heterocycles. The van der Waals surface area contributed by atoms with Crippen molar-refractivity contribution in [3.8, 4) is 11.5 Å². The van der Waals surface area contributed by atoms with Gasteiger partial charge in [0.05, 0.1) is 0 Å². The van der Waals surface area contributed by atoms with Gasteiger partial charge in [0, 0.05) is 35.2 Å². The van der Waals surface area contributed by atoms with Crippen molar-refractivity contribution in [1.82, 2.24) is 10.2 Å². The Balaban J connectivity index is 1.32. The number of hydrogen-bond donors (Lipinski definition) is 6. The van der Waals surface area contributed by atoms with Crippen LogP contribution in [0.5, 0.6) is 11.5 Å². The molecule has 2 aliphatic carbocycles. The molecular formula is C25H32N2O8S. The molecule has 1 spiro atoms. The number of benzene rings is 1. The Hall–Kier alpha value is -1.86. The average Bonchev–Trinajstić information content (AvgIpc) is 3.23. The van der Waals surface area contributed by atoms with Crippen LogP contribution in [0.2, 0.25) is 0 Å². The van der Waals surface area contributed by atoms with E-state index in [1.54, 1.807) is 6.07 Å². The summed E-state index contributed by atoms with van der Waals surface area (Å²) in [6.07, 6.45) is -3.17. The van der Waals surface area contributed by atoms with Crippen LogP contribution in [-0.4, -0.2) is 106 Å². The van der Waals surface area contributed by atoms with E-state index < -0.39 is 54.2 Å². The number of hydrogen-bond acceptors (Lipinski definition) is 10. The highest BCUT2D eigenvalue weighted by Crippen LogP contribution is 2.62. The predicted octanol–water partition coefficient (Wildman–Crippen LogP) is -0.924. The first-order chi connectivity index (χ1) is 17.3. The molecule has 1 aromatic rings. The summed E-state index contributed by atoms with van der Waals surface area (Å²) in [5, 5.41) is 44.8. The number of phenolic OH excluding ortho intramolecular Hbond substituents is 1. The van der Waals surface area contributed by atoms with E-state index in [4.69, 9.17) is 14.2 Å². The van der Waals surface area contributed by atoms with Gasteiger partial charge < -0.3 is 44.9 Å². The molecule has 5 aliphatic rings. The summed E-state index contributed by atoms with van der Waals surface area (Å²) in [5.41, 5.74) is 1.77. The number of aliphatic hydroxyl groups excluding tert-OH is 3. The summed E-state index contributed by atoms with van der Waals surface area (Å²) >= 11 is 4.06. The zero-order valence-corrected chi connectivity index (χ0v) is 20.8. The molecule has 6 rings (SSSR count). The topological polar surface area (TPSA) is 141 Å². The van der Waals surface area contributed by atoms with Crippen molar-refractivity contribution >= 4 is 18.5 Å². The second-order valence-corrected chi connectivity index (χ2v) is 10.9. The Labute approximate surface area is 214 Å².